The highest BCUT2D eigenvalue weighted by Crippen LogP contribution is 2.21. The molecule has 0 bridgehead atoms. The van der Waals surface area contributed by atoms with Gasteiger partial charge in [-0.15, -0.1) is 0 Å². The molecule has 6 nitrogen and oxygen atoms in total. The predicted octanol–water partition coefficient (Wildman–Crippen LogP) is 2.23. The van der Waals surface area contributed by atoms with Gasteiger partial charge in [0.15, 0.2) is 0 Å². The summed E-state index contributed by atoms with van der Waals surface area (Å²) in [6.45, 7) is 3.35. The van der Waals surface area contributed by atoms with Gasteiger partial charge in [-0.25, -0.2) is 0 Å². The van der Waals surface area contributed by atoms with Gasteiger partial charge < -0.3 is 10.2 Å². The van der Waals surface area contributed by atoms with Crippen molar-refractivity contribution in [3.63, 3.8) is 0 Å². The van der Waals surface area contributed by atoms with Crippen molar-refractivity contribution in [1.29, 1.82) is 0 Å². The van der Waals surface area contributed by atoms with Crippen LogP contribution in [-0.4, -0.2) is 34.2 Å². The summed E-state index contributed by atoms with van der Waals surface area (Å²) in [6.07, 6.45) is 8.41. The molecule has 1 aromatic heterocycles. The molecule has 1 aromatic carbocycles. The van der Waals surface area contributed by atoms with Crippen molar-refractivity contribution in [1.82, 2.24) is 15.1 Å². The lowest BCUT2D eigenvalue weighted by Gasteiger charge is -2.15. The molecule has 0 radical (unpaired) electrons. The first-order chi connectivity index (χ1) is 12.1. The first-order valence-electron chi connectivity index (χ1n) is 8.48. The fourth-order valence-electron chi connectivity index (χ4n) is 2.88. The Balaban J connectivity index is 1.52. The van der Waals surface area contributed by atoms with Crippen LogP contribution in [0.15, 0.2) is 48.8 Å². The van der Waals surface area contributed by atoms with Gasteiger partial charge in [0.1, 0.15) is 0 Å². The van der Waals surface area contributed by atoms with Crippen LogP contribution in [0.5, 0.6) is 0 Å². The van der Waals surface area contributed by atoms with Gasteiger partial charge in [-0.3, -0.25) is 14.3 Å². The van der Waals surface area contributed by atoms with Crippen LogP contribution in [0.2, 0.25) is 0 Å². The van der Waals surface area contributed by atoms with Gasteiger partial charge in [0.25, 0.3) is 0 Å². The summed E-state index contributed by atoms with van der Waals surface area (Å²) in [7, 11) is 0. The Morgan fingerprint density at radius 1 is 1.36 bits per heavy atom. The average Bonchev–Trinajstić information content (AvgIpc) is 3.25. The van der Waals surface area contributed by atoms with E-state index in [0.29, 0.717) is 13.0 Å². The number of carbonyl (C=O) groups is 2. The van der Waals surface area contributed by atoms with Crippen molar-refractivity contribution in [2.45, 2.75) is 32.4 Å². The molecular formula is C19H22N4O2. The van der Waals surface area contributed by atoms with Crippen LogP contribution in [-0.2, 0) is 16.1 Å². The Hall–Kier alpha value is -2.89. The van der Waals surface area contributed by atoms with Crippen molar-refractivity contribution in [2.24, 2.45) is 0 Å². The molecule has 0 spiro atoms. The number of nitrogens with zero attached hydrogens (tertiary/aromatic N) is 3. The van der Waals surface area contributed by atoms with Crippen LogP contribution in [0, 0.1) is 0 Å². The highest BCUT2D eigenvalue weighted by molar-refractivity contribution is 5.95. The van der Waals surface area contributed by atoms with E-state index in [1.165, 1.54) is 6.08 Å². The molecule has 6 heteroatoms. The SMILES string of the molecule is CC(Cn1cccn1)NC(=O)C=Cc1ccc(N2CCCC2=O)cc1. The summed E-state index contributed by atoms with van der Waals surface area (Å²) in [4.78, 5) is 25.5. The van der Waals surface area contributed by atoms with E-state index in [9.17, 15) is 9.59 Å². The van der Waals surface area contributed by atoms with E-state index < -0.39 is 0 Å². The monoisotopic (exact) mass is 338 g/mol. The Labute approximate surface area is 147 Å². The van der Waals surface area contributed by atoms with Gasteiger partial charge in [-0.2, -0.15) is 5.10 Å². The second-order valence-electron chi connectivity index (χ2n) is 6.21. The van der Waals surface area contributed by atoms with Gasteiger partial charge in [0, 0.05) is 43.2 Å². The van der Waals surface area contributed by atoms with Crippen LogP contribution in [0.1, 0.15) is 25.3 Å². The average molecular weight is 338 g/mol. The number of amides is 2. The molecule has 2 heterocycles. The minimum atomic E-state index is -0.140. The quantitative estimate of drug-likeness (QED) is 0.821. The van der Waals surface area contributed by atoms with Crippen molar-refractivity contribution in [3.05, 3.63) is 54.4 Å². The van der Waals surface area contributed by atoms with Crippen LogP contribution in [0.25, 0.3) is 6.08 Å². The van der Waals surface area contributed by atoms with Crippen LogP contribution < -0.4 is 10.2 Å². The summed E-state index contributed by atoms with van der Waals surface area (Å²) in [5, 5.41) is 7.03. The van der Waals surface area contributed by atoms with Crippen molar-refractivity contribution in [3.8, 4) is 0 Å². The fourth-order valence-corrected chi connectivity index (χ4v) is 2.88. The zero-order valence-corrected chi connectivity index (χ0v) is 14.3. The lowest BCUT2D eigenvalue weighted by molar-refractivity contribution is -0.117. The molecule has 2 aromatic rings. The molecule has 130 valence electrons. The molecule has 1 aliphatic rings. The third-order valence-corrected chi connectivity index (χ3v) is 4.11. The third-order valence-electron chi connectivity index (χ3n) is 4.11. The van der Waals surface area contributed by atoms with Crippen LogP contribution >= 0.6 is 0 Å². The number of aromatic nitrogens is 2. The summed E-state index contributed by atoms with van der Waals surface area (Å²) in [6, 6.07) is 9.51. The Morgan fingerprint density at radius 2 is 2.16 bits per heavy atom. The zero-order valence-electron chi connectivity index (χ0n) is 14.3. The lowest BCUT2D eigenvalue weighted by Crippen LogP contribution is -2.34. The molecule has 1 unspecified atom stereocenters. The maximum Gasteiger partial charge on any atom is 0.244 e. The van der Waals surface area contributed by atoms with Crippen molar-refractivity contribution >= 4 is 23.6 Å². The Kier molecular flexibility index (Phi) is 5.28. The normalized spacial score (nSPS) is 15.7. The third kappa shape index (κ3) is 4.56. The second-order valence-corrected chi connectivity index (χ2v) is 6.21. The van der Waals surface area contributed by atoms with E-state index in [1.54, 1.807) is 21.9 Å². The first-order valence-corrected chi connectivity index (χ1v) is 8.48. The molecule has 1 N–H and O–H groups in total. The number of hydrogen-bond donors (Lipinski definition) is 1. The van der Waals surface area contributed by atoms with Crippen molar-refractivity contribution < 1.29 is 9.59 Å². The minimum absolute atomic E-state index is 0.0133. The van der Waals surface area contributed by atoms with E-state index in [1.807, 2.05) is 43.5 Å². The van der Waals surface area contributed by atoms with Gasteiger partial charge >= 0.3 is 0 Å². The highest BCUT2D eigenvalue weighted by Gasteiger charge is 2.21. The van der Waals surface area contributed by atoms with E-state index in [0.717, 1.165) is 24.2 Å². The summed E-state index contributed by atoms with van der Waals surface area (Å²) in [5.41, 5.74) is 1.84. The molecule has 0 aliphatic carbocycles. The van der Waals surface area contributed by atoms with E-state index in [-0.39, 0.29) is 17.9 Å². The van der Waals surface area contributed by atoms with E-state index in [2.05, 4.69) is 10.4 Å². The molecule has 1 aliphatic heterocycles. The summed E-state index contributed by atoms with van der Waals surface area (Å²) >= 11 is 0. The maximum atomic E-state index is 12.0. The summed E-state index contributed by atoms with van der Waals surface area (Å²) in [5.74, 6) is 0.0345. The molecule has 2 amide bonds. The Bertz CT molecular complexity index is 750. The smallest absolute Gasteiger partial charge is 0.244 e. The zero-order chi connectivity index (χ0) is 17.6. The Morgan fingerprint density at radius 3 is 2.80 bits per heavy atom. The summed E-state index contributed by atoms with van der Waals surface area (Å²) < 4.78 is 1.78. The van der Waals surface area contributed by atoms with Gasteiger partial charge in [-0.05, 0) is 43.2 Å². The molecule has 3 rings (SSSR count). The number of nitrogens with one attached hydrogen (secondary N) is 1. The van der Waals surface area contributed by atoms with E-state index in [4.69, 9.17) is 0 Å². The topological polar surface area (TPSA) is 67.2 Å². The van der Waals surface area contributed by atoms with Crippen LogP contribution in [0.4, 0.5) is 5.69 Å². The number of anilines is 1. The first kappa shape index (κ1) is 17.0. The minimum Gasteiger partial charge on any atom is -0.348 e. The number of benzene rings is 1. The predicted molar refractivity (Wildman–Crippen MR) is 96.9 cm³/mol. The molecule has 25 heavy (non-hydrogen) atoms. The fraction of sp³-hybridized carbons (Fsp3) is 0.316. The number of carbonyl (C=O) groups excluding carboxylic acids is 2. The molecule has 1 saturated heterocycles. The van der Waals surface area contributed by atoms with Crippen molar-refractivity contribution in [2.75, 3.05) is 11.4 Å². The number of hydrogen-bond acceptors (Lipinski definition) is 3. The highest BCUT2D eigenvalue weighted by atomic mass is 16.2. The van der Waals surface area contributed by atoms with Gasteiger partial charge in [-0.1, -0.05) is 12.1 Å². The van der Waals surface area contributed by atoms with E-state index >= 15 is 0 Å². The largest absolute Gasteiger partial charge is 0.348 e. The van der Waals surface area contributed by atoms with Gasteiger partial charge in [0.05, 0.1) is 6.54 Å². The number of rotatable bonds is 6. The molecule has 0 saturated carbocycles. The molecule has 1 atom stereocenters. The lowest BCUT2D eigenvalue weighted by atomic mass is 10.2. The van der Waals surface area contributed by atoms with Gasteiger partial charge in [0.2, 0.25) is 11.8 Å². The molecular weight excluding hydrogens is 316 g/mol. The maximum absolute atomic E-state index is 12.0. The molecule has 1 fully saturated rings. The standard InChI is InChI=1S/C19H22N4O2/c1-15(14-22-12-3-11-20-22)21-18(24)10-7-16-5-8-17(9-6-16)23-13-2-4-19(23)25/h3,5-12,15H,2,4,13-14H2,1H3,(H,21,24). The second kappa shape index (κ2) is 7.79. The van der Waals surface area contributed by atoms with Crippen LogP contribution in [0.3, 0.4) is 0 Å².